The second-order valence-corrected chi connectivity index (χ2v) is 7.53. The Morgan fingerprint density at radius 3 is 2.71 bits per heavy atom. The van der Waals surface area contributed by atoms with Gasteiger partial charge >= 0.3 is 0 Å². The van der Waals surface area contributed by atoms with Crippen molar-refractivity contribution in [2.75, 3.05) is 57.8 Å². The van der Waals surface area contributed by atoms with Crippen LogP contribution in [-0.2, 0) is 4.79 Å². The van der Waals surface area contributed by atoms with Gasteiger partial charge in [-0.3, -0.25) is 9.69 Å². The van der Waals surface area contributed by atoms with E-state index in [1.165, 1.54) is 31.8 Å². The molecule has 0 spiro atoms. The minimum atomic E-state index is 0.231. The summed E-state index contributed by atoms with van der Waals surface area (Å²) >= 11 is 1.95. The molecule has 21 heavy (non-hydrogen) atoms. The summed E-state index contributed by atoms with van der Waals surface area (Å²) in [5, 5.41) is 0. The van der Waals surface area contributed by atoms with E-state index in [9.17, 15) is 4.79 Å². The summed E-state index contributed by atoms with van der Waals surface area (Å²) in [6, 6.07) is 0.686. The van der Waals surface area contributed by atoms with Crippen LogP contribution in [-0.4, -0.2) is 84.5 Å². The van der Waals surface area contributed by atoms with Crippen LogP contribution in [0.4, 0.5) is 0 Å². The van der Waals surface area contributed by atoms with E-state index in [2.05, 4.69) is 23.0 Å². The maximum absolute atomic E-state index is 11.5. The molecule has 2 aliphatic rings. The predicted molar refractivity (Wildman–Crippen MR) is 90.8 cm³/mol. The SMILES string of the molecule is CSCCCN1C[C@H](C)[C@@H](N2CCCN(C(C)=O)CC2)C1. The Kier molecular flexibility index (Phi) is 6.83. The molecule has 2 fully saturated rings. The van der Waals surface area contributed by atoms with Crippen LogP contribution in [0.1, 0.15) is 26.7 Å². The molecule has 0 saturated carbocycles. The molecule has 0 aliphatic carbocycles. The quantitative estimate of drug-likeness (QED) is 0.721. The Labute approximate surface area is 134 Å². The molecule has 0 unspecified atom stereocenters. The van der Waals surface area contributed by atoms with Crippen LogP contribution in [0.2, 0.25) is 0 Å². The molecule has 1 amide bonds. The lowest BCUT2D eigenvalue weighted by molar-refractivity contribution is -0.128. The fourth-order valence-corrected chi connectivity index (χ4v) is 4.14. The van der Waals surface area contributed by atoms with Crippen molar-refractivity contribution in [1.29, 1.82) is 0 Å². The molecule has 2 aliphatic heterocycles. The van der Waals surface area contributed by atoms with Crippen molar-refractivity contribution in [1.82, 2.24) is 14.7 Å². The van der Waals surface area contributed by atoms with Crippen molar-refractivity contribution in [3.8, 4) is 0 Å². The van der Waals surface area contributed by atoms with E-state index in [0.717, 1.165) is 38.5 Å². The summed E-state index contributed by atoms with van der Waals surface area (Å²) in [4.78, 5) is 18.8. The standard InChI is InChI=1S/C16H31N3OS/c1-14-12-17(6-5-11-21-3)13-16(14)19-8-4-7-18(9-10-19)15(2)20/h14,16H,4-13H2,1-3H3/t14-,16-/m0/s1. The number of carbonyl (C=O) groups is 1. The van der Waals surface area contributed by atoms with Gasteiger partial charge in [-0.1, -0.05) is 6.92 Å². The normalized spacial score (nSPS) is 28.8. The van der Waals surface area contributed by atoms with Gasteiger partial charge < -0.3 is 9.80 Å². The third-order valence-corrected chi connectivity index (χ3v) is 5.61. The number of amides is 1. The predicted octanol–water partition coefficient (Wildman–Crippen LogP) is 1.61. The second-order valence-electron chi connectivity index (χ2n) is 6.55. The van der Waals surface area contributed by atoms with E-state index in [4.69, 9.17) is 0 Å². The zero-order chi connectivity index (χ0) is 15.2. The molecule has 0 radical (unpaired) electrons. The Balaban J connectivity index is 1.82. The van der Waals surface area contributed by atoms with Gasteiger partial charge in [0.25, 0.3) is 0 Å². The lowest BCUT2D eigenvalue weighted by atomic mass is 10.0. The molecule has 2 atom stereocenters. The van der Waals surface area contributed by atoms with Gasteiger partial charge in [-0.05, 0) is 37.3 Å². The monoisotopic (exact) mass is 313 g/mol. The van der Waals surface area contributed by atoms with Crippen molar-refractivity contribution in [3.05, 3.63) is 0 Å². The molecule has 2 heterocycles. The first-order valence-electron chi connectivity index (χ1n) is 8.32. The number of likely N-dealkylation sites (tertiary alicyclic amines) is 1. The average molecular weight is 314 g/mol. The molecule has 122 valence electrons. The first-order chi connectivity index (χ1) is 10.1. The highest BCUT2D eigenvalue weighted by molar-refractivity contribution is 7.98. The van der Waals surface area contributed by atoms with Crippen LogP contribution in [0.5, 0.6) is 0 Å². The van der Waals surface area contributed by atoms with Gasteiger partial charge in [-0.25, -0.2) is 0 Å². The molecule has 5 heteroatoms. The summed E-state index contributed by atoms with van der Waals surface area (Å²) in [6.45, 7) is 11.8. The Morgan fingerprint density at radius 2 is 2.00 bits per heavy atom. The average Bonchev–Trinajstić information content (AvgIpc) is 2.67. The van der Waals surface area contributed by atoms with Crippen molar-refractivity contribution in [2.45, 2.75) is 32.7 Å². The number of hydrogen-bond donors (Lipinski definition) is 0. The summed E-state index contributed by atoms with van der Waals surface area (Å²) in [5.74, 6) is 2.26. The number of nitrogens with zero attached hydrogens (tertiary/aromatic N) is 3. The van der Waals surface area contributed by atoms with Crippen LogP contribution < -0.4 is 0 Å². The summed E-state index contributed by atoms with van der Waals surface area (Å²) < 4.78 is 0. The van der Waals surface area contributed by atoms with Gasteiger partial charge in [0, 0.05) is 52.2 Å². The Morgan fingerprint density at radius 1 is 1.19 bits per heavy atom. The number of thioether (sulfide) groups is 1. The Bertz CT molecular complexity index is 339. The maximum atomic E-state index is 11.5. The van der Waals surface area contributed by atoms with Crippen LogP contribution in [0, 0.1) is 5.92 Å². The smallest absolute Gasteiger partial charge is 0.219 e. The molecular weight excluding hydrogens is 282 g/mol. The van der Waals surface area contributed by atoms with E-state index in [-0.39, 0.29) is 5.91 Å². The lowest BCUT2D eigenvalue weighted by Crippen LogP contribution is -2.43. The third-order valence-electron chi connectivity index (χ3n) is 4.92. The summed E-state index contributed by atoms with van der Waals surface area (Å²) in [7, 11) is 0. The van der Waals surface area contributed by atoms with E-state index in [1.807, 2.05) is 16.7 Å². The fraction of sp³-hybridized carbons (Fsp3) is 0.938. The van der Waals surface area contributed by atoms with E-state index >= 15 is 0 Å². The third kappa shape index (κ3) is 4.86. The second kappa shape index (κ2) is 8.39. The molecule has 0 N–H and O–H groups in total. The minimum absolute atomic E-state index is 0.231. The molecule has 0 aromatic carbocycles. The lowest BCUT2D eigenvalue weighted by Gasteiger charge is -2.30. The van der Waals surface area contributed by atoms with E-state index in [1.54, 1.807) is 6.92 Å². The van der Waals surface area contributed by atoms with Crippen molar-refractivity contribution >= 4 is 17.7 Å². The van der Waals surface area contributed by atoms with Crippen molar-refractivity contribution in [2.24, 2.45) is 5.92 Å². The van der Waals surface area contributed by atoms with Crippen LogP contribution >= 0.6 is 11.8 Å². The number of rotatable bonds is 5. The highest BCUT2D eigenvalue weighted by Crippen LogP contribution is 2.23. The number of hydrogen-bond acceptors (Lipinski definition) is 4. The van der Waals surface area contributed by atoms with Gasteiger partial charge in [0.05, 0.1) is 0 Å². The first kappa shape index (κ1) is 17.1. The molecule has 2 rings (SSSR count). The zero-order valence-electron chi connectivity index (χ0n) is 13.9. The first-order valence-corrected chi connectivity index (χ1v) is 9.72. The molecule has 2 saturated heterocycles. The summed E-state index contributed by atoms with van der Waals surface area (Å²) in [6.07, 6.45) is 4.61. The van der Waals surface area contributed by atoms with Crippen LogP contribution in [0.15, 0.2) is 0 Å². The van der Waals surface area contributed by atoms with Gasteiger partial charge in [-0.15, -0.1) is 0 Å². The minimum Gasteiger partial charge on any atom is -0.342 e. The highest BCUT2D eigenvalue weighted by atomic mass is 32.2. The van der Waals surface area contributed by atoms with Crippen LogP contribution in [0.3, 0.4) is 0 Å². The van der Waals surface area contributed by atoms with Gasteiger partial charge in [0.2, 0.25) is 5.91 Å². The number of carbonyl (C=O) groups excluding carboxylic acids is 1. The topological polar surface area (TPSA) is 26.8 Å². The molecule has 0 aromatic heterocycles. The van der Waals surface area contributed by atoms with Gasteiger partial charge in [0.1, 0.15) is 0 Å². The fourth-order valence-electron chi connectivity index (χ4n) is 3.72. The van der Waals surface area contributed by atoms with Gasteiger partial charge in [0.15, 0.2) is 0 Å². The van der Waals surface area contributed by atoms with Crippen molar-refractivity contribution in [3.63, 3.8) is 0 Å². The van der Waals surface area contributed by atoms with Crippen molar-refractivity contribution < 1.29 is 4.79 Å². The zero-order valence-corrected chi connectivity index (χ0v) is 14.7. The molecule has 0 aromatic rings. The molecule has 0 bridgehead atoms. The highest BCUT2D eigenvalue weighted by Gasteiger charge is 2.34. The van der Waals surface area contributed by atoms with Crippen LogP contribution in [0.25, 0.3) is 0 Å². The molecular formula is C16H31N3OS. The largest absolute Gasteiger partial charge is 0.342 e. The maximum Gasteiger partial charge on any atom is 0.219 e. The Hall–Kier alpha value is -0.260. The van der Waals surface area contributed by atoms with E-state index < -0.39 is 0 Å². The summed E-state index contributed by atoms with van der Waals surface area (Å²) in [5.41, 5.74) is 0. The molecule has 4 nitrogen and oxygen atoms in total. The van der Waals surface area contributed by atoms with E-state index in [0.29, 0.717) is 6.04 Å². The van der Waals surface area contributed by atoms with Gasteiger partial charge in [-0.2, -0.15) is 11.8 Å².